The average Bonchev–Trinajstić information content (AvgIpc) is 3.34. The minimum absolute atomic E-state index is 0. The summed E-state index contributed by atoms with van der Waals surface area (Å²) in [5, 5.41) is 27.5. The van der Waals surface area contributed by atoms with E-state index in [4.69, 9.17) is 0 Å². The fourth-order valence-corrected chi connectivity index (χ4v) is 3.41. The quantitative estimate of drug-likeness (QED) is 0.251. The molecular weight excluding hydrogens is 499 g/mol. The van der Waals surface area contributed by atoms with Gasteiger partial charge in [0.05, 0.1) is 19.6 Å². The normalized spacial score (nSPS) is 13.4. The number of benzene rings is 1. The molecule has 0 radical (unpaired) electrons. The lowest BCUT2D eigenvalue weighted by Crippen LogP contribution is -2.44. The summed E-state index contributed by atoms with van der Waals surface area (Å²) in [4.78, 5) is 5.57. The van der Waals surface area contributed by atoms with Crippen LogP contribution in [-0.2, 0) is 25.7 Å². The number of aliphatic hydroxyl groups is 1. The standard InChI is InChI=1S/C20H26N6OS.HI/c1-15-24-25-18(26(15)3)13-22-19(21-12-16-8-5-4-6-9-16)23-14-20(2,27)17-10-7-11-28-17;/h4-11,27H,12-14H2,1-3H3,(H2,21,22,23);1H. The number of nitrogens with zero attached hydrogens (tertiary/aromatic N) is 4. The van der Waals surface area contributed by atoms with Gasteiger partial charge in [0.25, 0.3) is 0 Å². The van der Waals surface area contributed by atoms with E-state index in [-0.39, 0.29) is 24.0 Å². The van der Waals surface area contributed by atoms with E-state index in [0.29, 0.717) is 25.6 Å². The van der Waals surface area contributed by atoms with E-state index < -0.39 is 5.60 Å². The molecule has 1 unspecified atom stereocenters. The molecule has 3 aromatic rings. The van der Waals surface area contributed by atoms with E-state index in [2.05, 4.69) is 25.8 Å². The number of hydrogen-bond donors (Lipinski definition) is 3. The Bertz CT molecular complexity index is 908. The van der Waals surface area contributed by atoms with Gasteiger partial charge in [0.2, 0.25) is 0 Å². The highest BCUT2D eigenvalue weighted by Gasteiger charge is 2.24. The van der Waals surface area contributed by atoms with Crippen LogP contribution >= 0.6 is 35.3 Å². The molecule has 29 heavy (non-hydrogen) atoms. The van der Waals surface area contributed by atoms with Crippen molar-refractivity contribution in [1.82, 2.24) is 25.4 Å². The third kappa shape index (κ3) is 6.51. The summed E-state index contributed by atoms with van der Waals surface area (Å²) in [7, 11) is 1.93. The van der Waals surface area contributed by atoms with Crippen LogP contribution in [0.4, 0.5) is 0 Å². The Balaban J connectivity index is 0.00000300. The van der Waals surface area contributed by atoms with Gasteiger partial charge in [-0.15, -0.1) is 45.5 Å². The van der Waals surface area contributed by atoms with Crippen molar-refractivity contribution in [3.63, 3.8) is 0 Å². The SMILES string of the molecule is Cc1nnc(CNC(=NCc2ccccc2)NCC(C)(O)c2cccs2)n1C.I. The Kier molecular flexibility index (Phi) is 8.60. The van der Waals surface area contributed by atoms with Crippen LogP contribution in [0.2, 0.25) is 0 Å². The van der Waals surface area contributed by atoms with Crippen molar-refractivity contribution < 1.29 is 5.11 Å². The van der Waals surface area contributed by atoms with Crippen LogP contribution in [0, 0.1) is 6.92 Å². The van der Waals surface area contributed by atoms with Gasteiger partial charge in [-0.25, -0.2) is 4.99 Å². The molecule has 0 aliphatic heterocycles. The van der Waals surface area contributed by atoms with Crippen LogP contribution in [0.5, 0.6) is 0 Å². The zero-order valence-corrected chi connectivity index (χ0v) is 19.9. The summed E-state index contributed by atoms with van der Waals surface area (Å²) < 4.78 is 1.93. The molecule has 3 rings (SSSR count). The average molecular weight is 526 g/mol. The number of hydrogen-bond acceptors (Lipinski definition) is 5. The zero-order chi connectivity index (χ0) is 20.0. The van der Waals surface area contributed by atoms with E-state index >= 15 is 0 Å². The third-order valence-electron chi connectivity index (χ3n) is 4.51. The number of aliphatic imine (C=N–C) groups is 1. The predicted octanol–water partition coefficient (Wildman–Crippen LogP) is 2.95. The van der Waals surface area contributed by atoms with Crippen LogP contribution in [-0.4, -0.2) is 32.4 Å². The Morgan fingerprint density at radius 2 is 1.93 bits per heavy atom. The maximum Gasteiger partial charge on any atom is 0.192 e. The van der Waals surface area contributed by atoms with Crippen molar-refractivity contribution in [1.29, 1.82) is 0 Å². The summed E-state index contributed by atoms with van der Waals surface area (Å²) in [5.74, 6) is 2.28. The highest BCUT2D eigenvalue weighted by molar-refractivity contribution is 14.0. The second kappa shape index (κ2) is 10.7. The first kappa shape index (κ1) is 23.3. The summed E-state index contributed by atoms with van der Waals surface area (Å²) in [6.45, 7) is 5.07. The van der Waals surface area contributed by atoms with Crippen LogP contribution in [0.15, 0.2) is 52.8 Å². The summed E-state index contributed by atoms with van der Waals surface area (Å²) in [5.41, 5.74) is 0.133. The smallest absolute Gasteiger partial charge is 0.192 e. The summed E-state index contributed by atoms with van der Waals surface area (Å²) >= 11 is 1.53. The Morgan fingerprint density at radius 1 is 1.17 bits per heavy atom. The largest absolute Gasteiger partial charge is 0.383 e. The number of thiophene rings is 1. The molecule has 0 saturated carbocycles. The maximum atomic E-state index is 10.8. The first-order chi connectivity index (χ1) is 13.5. The van der Waals surface area contributed by atoms with Crippen molar-refractivity contribution in [3.8, 4) is 0 Å². The van der Waals surface area contributed by atoms with Crippen LogP contribution in [0.1, 0.15) is 29.0 Å². The minimum atomic E-state index is -0.981. The van der Waals surface area contributed by atoms with Gasteiger partial charge in [-0.05, 0) is 30.9 Å². The van der Waals surface area contributed by atoms with Crippen LogP contribution < -0.4 is 10.6 Å². The highest BCUT2D eigenvalue weighted by Crippen LogP contribution is 2.24. The predicted molar refractivity (Wildman–Crippen MR) is 127 cm³/mol. The maximum absolute atomic E-state index is 10.8. The fourth-order valence-electron chi connectivity index (χ4n) is 2.62. The Hall–Kier alpha value is -1.98. The van der Waals surface area contributed by atoms with Crippen LogP contribution in [0.25, 0.3) is 0 Å². The van der Waals surface area contributed by atoms with Gasteiger partial charge in [0.1, 0.15) is 11.4 Å². The molecule has 0 fully saturated rings. The molecule has 0 bridgehead atoms. The number of aromatic nitrogens is 3. The molecule has 2 heterocycles. The lowest BCUT2D eigenvalue weighted by atomic mass is 10.1. The molecule has 0 aliphatic rings. The van der Waals surface area contributed by atoms with Gasteiger partial charge in [0.15, 0.2) is 11.8 Å². The zero-order valence-electron chi connectivity index (χ0n) is 16.8. The molecule has 9 heteroatoms. The second-order valence-corrected chi connectivity index (χ2v) is 7.78. The van der Waals surface area contributed by atoms with Gasteiger partial charge in [0, 0.05) is 11.9 Å². The first-order valence-electron chi connectivity index (χ1n) is 9.13. The summed E-state index contributed by atoms with van der Waals surface area (Å²) in [6, 6.07) is 13.9. The molecule has 156 valence electrons. The van der Waals surface area contributed by atoms with Crippen molar-refractivity contribution in [2.45, 2.75) is 32.5 Å². The Morgan fingerprint density at radius 3 is 2.55 bits per heavy atom. The van der Waals surface area contributed by atoms with Crippen molar-refractivity contribution in [2.24, 2.45) is 12.0 Å². The van der Waals surface area contributed by atoms with E-state index in [1.807, 2.05) is 66.4 Å². The molecule has 0 amide bonds. The monoisotopic (exact) mass is 526 g/mol. The molecule has 0 saturated heterocycles. The minimum Gasteiger partial charge on any atom is -0.383 e. The van der Waals surface area contributed by atoms with Gasteiger partial charge in [-0.1, -0.05) is 36.4 Å². The van der Waals surface area contributed by atoms with Crippen molar-refractivity contribution >= 4 is 41.3 Å². The number of guanidine groups is 1. The first-order valence-corrected chi connectivity index (χ1v) is 10.0. The molecule has 2 aromatic heterocycles. The molecule has 1 aromatic carbocycles. The van der Waals surface area contributed by atoms with E-state index in [1.165, 1.54) is 11.3 Å². The number of nitrogens with one attached hydrogen (secondary N) is 2. The molecular formula is C20H27IN6OS. The molecule has 0 spiro atoms. The third-order valence-corrected chi connectivity index (χ3v) is 5.63. The lowest BCUT2D eigenvalue weighted by Gasteiger charge is -2.24. The van der Waals surface area contributed by atoms with E-state index in [0.717, 1.165) is 22.1 Å². The number of aryl methyl sites for hydroxylation is 1. The van der Waals surface area contributed by atoms with Gasteiger partial charge >= 0.3 is 0 Å². The second-order valence-electron chi connectivity index (χ2n) is 6.83. The number of halogens is 1. The highest BCUT2D eigenvalue weighted by atomic mass is 127. The van der Waals surface area contributed by atoms with Crippen LogP contribution in [0.3, 0.4) is 0 Å². The topological polar surface area (TPSA) is 87.4 Å². The van der Waals surface area contributed by atoms with Crippen molar-refractivity contribution in [2.75, 3.05) is 6.54 Å². The fraction of sp³-hybridized carbons (Fsp3) is 0.350. The summed E-state index contributed by atoms with van der Waals surface area (Å²) in [6.07, 6.45) is 0. The van der Waals surface area contributed by atoms with E-state index in [9.17, 15) is 5.11 Å². The molecule has 7 nitrogen and oxygen atoms in total. The molecule has 0 aliphatic carbocycles. The molecule has 1 atom stereocenters. The molecule has 3 N–H and O–H groups in total. The van der Waals surface area contributed by atoms with Crippen molar-refractivity contribution in [3.05, 3.63) is 69.9 Å². The number of rotatable bonds is 7. The Labute approximate surface area is 192 Å². The van der Waals surface area contributed by atoms with Gasteiger partial charge in [-0.3, -0.25) is 0 Å². The van der Waals surface area contributed by atoms with E-state index in [1.54, 1.807) is 6.92 Å². The van der Waals surface area contributed by atoms with Gasteiger partial charge < -0.3 is 20.3 Å². The van der Waals surface area contributed by atoms with Gasteiger partial charge in [-0.2, -0.15) is 0 Å². The lowest BCUT2D eigenvalue weighted by molar-refractivity contribution is 0.0655.